The molecule has 118 valence electrons. The van der Waals surface area contributed by atoms with Crippen molar-refractivity contribution in [2.45, 2.75) is 13.3 Å². The zero-order valence-corrected chi connectivity index (χ0v) is 13.1. The molecule has 23 heavy (non-hydrogen) atoms. The van der Waals surface area contributed by atoms with Crippen LogP contribution in [0.25, 0.3) is 6.08 Å². The maximum atomic E-state index is 12.1. The third-order valence-corrected chi connectivity index (χ3v) is 3.19. The summed E-state index contributed by atoms with van der Waals surface area (Å²) in [5.41, 5.74) is 1.91. The van der Waals surface area contributed by atoms with Crippen molar-refractivity contribution < 1.29 is 9.59 Å². The largest absolute Gasteiger partial charge is 0.352 e. The molecule has 2 N–H and O–H groups in total. The molecule has 2 amide bonds. The molecule has 0 aromatic heterocycles. The highest BCUT2D eigenvalue weighted by atomic mass is 16.2. The van der Waals surface area contributed by atoms with Crippen LogP contribution in [0.15, 0.2) is 60.7 Å². The average molecular weight is 308 g/mol. The summed E-state index contributed by atoms with van der Waals surface area (Å²) in [6.45, 7) is 2.59. The standard InChI is InChI=1S/C19H20N2O2/c1-2-14-20-19(23)16-10-6-7-11-17(16)21-18(22)13-12-15-8-4-3-5-9-15/h3-13H,2,14H2,1H3,(H,20,23)(H,21,22). The van der Waals surface area contributed by atoms with Gasteiger partial charge in [0.25, 0.3) is 5.91 Å². The van der Waals surface area contributed by atoms with E-state index in [4.69, 9.17) is 0 Å². The summed E-state index contributed by atoms with van der Waals surface area (Å²) in [6.07, 6.45) is 4.05. The van der Waals surface area contributed by atoms with Crippen molar-refractivity contribution in [2.24, 2.45) is 0 Å². The first-order valence-corrected chi connectivity index (χ1v) is 7.62. The molecular formula is C19H20N2O2. The fraction of sp³-hybridized carbons (Fsp3) is 0.158. The Morgan fingerprint density at radius 3 is 2.43 bits per heavy atom. The van der Waals surface area contributed by atoms with Crippen molar-refractivity contribution >= 4 is 23.6 Å². The van der Waals surface area contributed by atoms with E-state index in [1.807, 2.05) is 37.3 Å². The average Bonchev–Trinajstić information content (AvgIpc) is 2.59. The van der Waals surface area contributed by atoms with Crippen molar-refractivity contribution in [2.75, 3.05) is 11.9 Å². The topological polar surface area (TPSA) is 58.2 Å². The molecule has 0 fully saturated rings. The van der Waals surface area contributed by atoms with Crippen LogP contribution in [-0.2, 0) is 4.79 Å². The molecule has 0 unspecified atom stereocenters. The highest BCUT2D eigenvalue weighted by Gasteiger charge is 2.11. The Kier molecular flexibility index (Phi) is 6.12. The summed E-state index contributed by atoms with van der Waals surface area (Å²) in [4.78, 5) is 24.1. The Balaban J connectivity index is 2.06. The van der Waals surface area contributed by atoms with Crippen LogP contribution < -0.4 is 10.6 Å². The van der Waals surface area contributed by atoms with Gasteiger partial charge in [0.1, 0.15) is 0 Å². The van der Waals surface area contributed by atoms with Crippen molar-refractivity contribution in [3.8, 4) is 0 Å². The van der Waals surface area contributed by atoms with Gasteiger partial charge in [0.05, 0.1) is 11.3 Å². The predicted octanol–water partition coefficient (Wildman–Crippen LogP) is 3.48. The molecule has 0 heterocycles. The van der Waals surface area contributed by atoms with E-state index in [9.17, 15) is 9.59 Å². The van der Waals surface area contributed by atoms with E-state index in [-0.39, 0.29) is 11.8 Å². The van der Waals surface area contributed by atoms with Crippen molar-refractivity contribution in [1.29, 1.82) is 0 Å². The van der Waals surface area contributed by atoms with Gasteiger partial charge in [-0.2, -0.15) is 0 Å². The zero-order valence-electron chi connectivity index (χ0n) is 13.1. The molecule has 2 aromatic rings. The molecule has 0 atom stereocenters. The van der Waals surface area contributed by atoms with Crippen LogP contribution in [0.2, 0.25) is 0 Å². The van der Waals surface area contributed by atoms with Crippen LogP contribution >= 0.6 is 0 Å². The molecule has 2 rings (SSSR count). The highest BCUT2D eigenvalue weighted by molar-refractivity contribution is 6.07. The summed E-state index contributed by atoms with van der Waals surface area (Å²) in [5.74, 6) is -0.459. The quantitative estimate of drug-likeness (QED) is 0.803. The van der Waals surface area contributed by atoms with E-state index in [0.29, 0.717) is 17.8 Å². The monoisotopic (exact) mass is 308 g/mol. The Bertz CT molecular complexity index is 694. The van der Waals surface area contributed by atoms with E-state index < -0.39 is 0 Å². The lowest BCUT2D eigenvalue weighted by Gasteiger charge is -2.09. The Morgan fingerprint density at radius 2 is 1.70 bits per heavy atom. The maximum Gasteiger partial charge on any atom is 0.253 e. The molecule has 2 aromatic carbocycles. The van der Waals surface area contributed by atoms with Crippen molar-refractivity contribution in [3.05, 3.63) is 71.8 Å². The lowest BCUT2D eigenvalue weighted by Crippen LogP contribution is -2.25. The molecule has 4 nitrogen and oxygen atoms in total. The molecule has 0 bridgehead atoms. The second-order valence-corrected chi connectivity index (χ2v) is 5.03. The smallest absolute Gasteiger partial charge is 0.253 e. The molecule has 0 aliphatic rings. The van der Waals surface area contributed by atoms with E-state index in [1.54, 1.807) is 30.3 Å². The number of carbonyl (C=O) groups excluding carboxylic acids is 2. The van der Waals surface area contributed by atoms with Crippen LogP contribution in [-0.4, -0.2) is 18.4 Å². The van der Waals surface area contributed by atoms with Gasteiger partial charge in [0.2, 0.25) is 5.91 Å². The van der Waals surface area contributed by atoms with Gasteiger partial charge >= 0.3 is 0 Å². The van der Waals surface area contributed by atoms with E-state index >= 15 is 0 Å². The van der Waals surface area contributed by atoms with Crippen molar-refractivity contribution in [1.82, 2.24) is 5.32 Å². The predicted molar refractivity (Wildman–Crippen MR) is 93.2 cm³/mol. The van der Waals surface area contributed by atoms with Gasteiger partial charge in [-0.3, -0.25) is 9.59 Å². The summed E-state index contributed by atoms with van der Waals surface area (Å²) >= 11 is 0. The van der Waals surface area contributed by atoms with Crippen LogP contribution in [0.5, 0.6) is 0 Å². The number of hydrogen-bond acceptors (Lipinski definition) is 2. The Hall–Kier alpha value is -2.88. The van der Waals surface area contributed by atoms with E-state index in [1.165, 1.54) is 6.08 Å². The summed E-state index contributed by atoms with van der Waals surface area (Å²) in [5, 5.41) is 5.56. The van der Waals surface area contributed by atoms with Gasteiger partial charge in [-0.15, -0.1) is 0 Å². The second-order valence-electron chi connectivity index (χ2n) is 5.03. The van der Waals surface area contributed by atoms with Crippen LogP contribution in [0, 0.1) is 0 Å². The zero-order chi connectivity index (χ0) is 16.5. The van der Waals surface area contributed by atoms with Gasteiger partial charge in [0, 0.05) is 12.6 Å². The molecule has 4 heteroatoms. The van der Waals surface area contributed by atoms with Crippen LogP contribution in [0.1, 0.15) is 29.3 Å². The van der Waals surface area contributed by atoms with Crippen LogP contribution in [0.3, 0.4) is 0 Å². The summed E-state index contributed by atoms with van der Waals surface area (Å²) in [6, 6.07) is 16.5. The third-order valence-electron chi connectivity index (χ3n) is 3.19. The van der Waals surface area contributed by atoms with E-state index in [0.717, 1.165) is 12.0 Å². The summed E-state index contributed by atoms with van der Waals surface area (Å²) < 4.78 is 0. The number of para-hydroxylation sites is 1. The molecule has 0 aliphatic heterocycles. The normalized spacial score (nSPS) is 10.5. The lowest BCUT2D eigenvalue weighted by atomic mass is 10.1. The SMILES string of the molecule is CCCNC(=O)c1ccccc1NC(=O)C=Cc1ccccc1. The fourth-order valence-corrected chi connectivity index (χ4v) is 2.03. The number of hydrogen-bond donors (Lipinski definition) is 2. The van der Waals surface area contributed by atoms with Gasteiger partial charge in [-0.1, -0.05) is 49.4 Å². The molecule has 0 saturated heterocycles. The molecule has 0 spiro atoms. The Labute approximate surface area is 136 Å². The number of carbonyl (C=O) groups is 2. The second kappa shape index (κ2) is 8.54. The number of nitrogens with one attached hydrogen (secondary N) is 2. The number of anilines is 1. The van der Waals surface area contributed by atoms with Gasteiger partial charge < -0.3 is 10.6 Å². The highest BCUT2D eigenvalue weighted by Crippen LogP contribution is 2.15. The third kappa shape index (κ3) is 5.11. The first-order chi connectivity index (χ1) is 11.2. The lowest BCUT2D eigenvalue weighted by molar-refractivity contribution is -0.111. The van der Waals surface area contributed by atoms with Gasteiger partial charge in [0.15, 0.2) is 0 Å². The number of amides is 2. The van der Waals surface area contributed by atoms with Crippen molar-refractivity contribution in [3.63, 3.8) is 0 Å². The van der Waals surface area contributed by atoms with E-state index in [2.05, 4.69) is 10.6 Å². The number of rotatable bonds is 6. The van der Waals surface area contributed by atoms with Gasteiger partial charge in [-0.25, -0.2) is 0 Å². The molecule has 0 saturated carbocycles. The molecule has 0 radical (unpaired) electrons. The Morgan fingerprint density at radius 1 is 1.00 bits per heavy atom. The minimum absolute atomic E-state index is 0.185. The molecule has 0 aliphatic carbocycles. The van der Waals surface area contributed by atoms with Crippen LogP contribution in [0.4, 0.5) is 5.69 Å². The molecular weight excluding hydrogens is 288 g/mol. The summed E-state index contributed by atoms with van der Waals surface area (Å²) in [7, 11) is 0. The first-order valence-electron chi connectivity index (χ1n) is 7.62. The number of benzene rings is 2. The first kappa shape index (κ1) is 16.5. The maximum absolute atomic E-state index is 12.1. The minimum atomic E-state index is -0.274. The van der Waals surface area contributed by atoms with Gasteiger partial charge in [-0.05, 0) is 30.2 Å². The minimum Gasteiger partial charge on any atom is -0.352 e. The fourth-order valence-electron chi connectivity index (χ4n) is 2.03.